The van der Waals surface area contributed by atoms with Crippen molar-refractivity contribution in [2.24, 2.45) is 5.92 Å². The van der Waals surface area contributed by atoms with Crippen molar-refractivity contribution in [2.45, 2.75) is 83.9 Å². The van der Waals surface area contributed by atoms with Crippen LogP contribution in [-0.4, -0.2) is 64.0 Å². The Kier molecular flexibility index (Phi) is 7.56. The molecular formula is C22H34N4O4S. The smallest absolute Gasteiger partial charge is 0.410 e. The summed E-state index contributed by atoms with van der Waals surface area (Å²) in [4.78, 5) is 45.0. The molecule has 3 rings (SSSR count). The molecule has 1 N–H and O–H groups in total. The molecule has 1 aliphatic heterocycles. The number of aromatic nitrogens is 1. The highest BCUT2D eigenvalue weighted by Gasteiger charge is 2.36. The van der Waals surface area contributed by atoms with Gasteiger partial charge in [-0.3, -0.25) is 10.1 Å². The van der Waals surface area contributed by atoms with Crippen LogP contribution in [0.5, 0.6) is 0 Å². The second-order valence-electron chi connectivity index (χ2n) is 9.64. The second-order valence-corrected chi connectivity index (χ2v) is 10.7. The molecule has 0 unspecified atom stereocenters. The molecule has 2 aliphatic rings. The van der Waals surface area contributed by atoms with E-state index in [0.29, 0.717) is 29.0 Å². The molecule has 172 valence electrons. The lowest BCUT2D eigenvalue weighted by Crippen LogP contribution is -2.54. The zero-order valence-corrected chi connectivity index (χ0v) is 19.7. The van der Waals surface area contributed by atoms with Gasteiger partial charge in [0.2, 0.25) is 0 Å². The first-order valence-electron chi connectivity index (χ1n) is 11.1. The van der Waals surface area contributed by atoms with Crippen molar-refractivity contribution in [3.05, 3.63) is 11.1 Å². The Morgan fingerprint density at radius 2 is 1.77 bits per heavy atom. The molecule has 1 saturated carbocycles. The molecule has 8 nitrogen and oxygen atoms in total. The molecule has 0 aromatic carbocycles. The van der Waals surface area contributed by atoms with Crippen LogP contribution < -0.4 is 5.32 Å². The number of thiazole rings is 1. The molecule has 0 bridgehead atoms. The molecule has 1 aliphatic carbocycles. The molecular weight excluding hydrogens is 416 g/mol. The molecule has 1 aromatic heterocycles. The number of piperidine rings is 1. The van der Waals surface area contributed by atoms with Crippen LogP contribution in [0.4, 0.5) is 14.7 Å². The van der Waals surface area contributed by atoms with Gasteiger partial charge in [-0.25, -0.2) is 14.6 Å². The number of anilines is 1. The highest BCUT2D eigenvalue weighted by molar-refractivity contribution is 7.17. The molecule has 2 fully saturated rings. The maximum Gasteiger partial charge on any atom is 0.410 e. The van der Waals surface area contributed by atoms with Crippen molar-refractivity contribution in [1.82, 2.24) is 14.8 Å². The topological polar surface area (TPSA) is 91.8 Å². The van der Waals surface area contributed by atoms with E-state index in [1.807, 2.05) is 25.7 Å². The Morgan fingerprint density at radius 1 is 1.16 bits per heavy atom. The third-order valence-electron chi connectivity index (χ3n) is 5.98. The molecule has 2 heterocycles. The Hall–Kier alpha value is -2.16. The minimum Gasteiger partial charge on any atom is -0.444 e. The van der Waals surface area contributed by atoms with Crippen molar-refractivity contribution in [2.75, 3.05) is 18.4 Å². The van der Waals surface area contributed by atoms with Crippen LogP contribution in [0.25, 0.3) is 0 Å². The Bertz CT molecular complexity index is 775. The summed E-state index contributed by atoms with van der Waals surface area (Å²) in [7, 11) is 0. The molecule has 1 aromatic rings. The lowest BCUT2D eigenvalue weighted by atomic mass is 9.85. The number of hydrogen-bond donors (Lipinski definition) is 1. The zero-order chi connectivity index (χ0) is 22.6. The summed E-state index contributed by atoms with van der Waals surface area (Å²) in [6.45, 7) is 8.99. The van der Waals surface area contributed by atoms with Gasteiger partial charge in [0, 0.05) is 25.2 Å². The highest BCUT2D eigenvalue weighted by Crippen LogP contribution is 2.32. The summed E-state index contributed by atoms with van der Waals surface area (Å²) >= 11 is 1.17. The van der Waals surface area contributed by atoms with Crippen LogP contribution in [0.2, 0.25) is 0 Å². The third kappa shape index (κ3) is 6.41. The fourth-order valence-electron chi connectivity index (χ4n) is 4.36. The number of urea groups is 1. The predicted molar refractivity (Wildman–Crippen MR) is 121 cm³/mol. The molecule has 31 heavy (non-hydrogen) atoms. The van der Waals surface area contributed by atoms with Crippen LogP contribution in [-0.2, 0) is 4.74 Å². The van der Waals surface area contributed by atoms with E-state index < -0.39 is 5.60 Å². The fraction of sp³-hybridized carbons (Fsp3) is 0.727. The number of rotatable bonds is 4. The first-order valence-corrected chi connectivity index (χ1v) is 12.0. The molecule has 0 atom stereocenters. The minimum absolute atomic E-state index is 0.0580. The summed E-state index contributed by atoms with van der Waals surface area (Å²) < 4.78 is 5.50. The number of nitrogens with zero attached hydrogens (tertiary/aromatic N) is 3. The van der Waals surface area contributed by atoms with E-state index in [1.165, 1.54) is 17.5 Å². The fourth-order valence-corrected chi connectivity index (χ4v) is 4.98. The Morgan fingerprint density at radius 3 is 2.32 bits per heavy atom. The SMILES string of the molecule is CC1CCC(N(C(=O)Nc2ncc(C=O)s2)C2CCN(C(=O)OC(C)(C)C)CC2)CC1. The van der Waals surface area contributed by atoms with E-state index in [1.54, 1.807) is 4.90 Å². The zero-order valence-electron chi connectivity index (χ0n) is 18.9. The van der Waals surface area contributed by atoms with Gasteiger partial charge in [0.05, 0.1) is 11.1 Å². The second kappa shape index (κ2) is 9.97. The average Bonchev–Trinajstić information content (AvgIpc) is 3.16. The largest absolute Gasteiger partial charge is 0.444 e. The third-order valence-corrected chi connectivity index (χ3v) is 6.81. The van der Waals surface area contributed by atoms with E-state index >= 15 is 0 Å². The van der Waals surface area contributed by atoms with Gasteiger partial charge in [0.15, 0.2) is 11.4 Å². The number of carbonyl (C=O) groups excluding carboxylic acids is 3. The molecule has 0 radical (unpaired) electrons. The average molecular weight is 451 g/mol. The van der Waals surface area contributed by atoms with E-state index in [0.717, 1.165) is 44.8 Å². The number of carbonyl (C=O) groups is 3. The van der Waals surface area contributed by atoms with Gasteiger partial charge < -0.3 is 14.5 Å². The number of aldehydes is 1. The van der Waals surface area contributed by atoms with Crippen LogP contribution in [0.15, 0.2) is 6.20 Å². The summed E-state index contributed by atoms with van der Waals surface area (Å²) in [5.74, 6) is 0.685. The molecule has 3 amide bonds. The van der Waals surface area contributed by atoms with Gasteiger partial charge in [0.25, 0.3) is 0 Å². The lowest BCUT2D eigenvalue weighted by molar-refractivity contribution is 0.0136. The first-order chi connectivity index (χ1) is 14.7. The number of nitrogens with one attached hydrogen (secondary N) is 1. The van der Waals surface area contributed by atoms with Gasteiger partial charge >= 0.3 is 12.1 Å². The minimum atomic E-state index is -0.521. The van der Waals surface area contributed by atoms with Crippen LogP contribution in [0.3, 0.4) is 0 Å². The van der Waals surface area contributed by atoms with Gasteiger partial charge in [-0.2, -0.15) is 0 Å². The number of ether oxygens (including phenoxy) is 1. The Balaban J connectivity index is 1.67. The molecule has 0 spiro atoms. The lowest BCUT2D eigenvalue weighted by Gasteiger charge is -2.44. The van der Waals surface area contributed by atoms with Gasteiger partial charge in [0.1, 0.15) is 5.60 Å². The molecule has 9 heteroatoms. The van der Waals surface area contributed by atoms with Crippen molar-refractivity contribution >= 4 is 34.9 Å². The number of likely N-dealkylation sites (tertiary alicyclic amines) is 1. The van der Waals surface area contributed by atoms with E-state index in [2.05, 4.69) is 17.2 Å². The monoisotopic (exact) mass is 450 g/mol. The Labute approximate surface area is 188 Å². The quantitative estimate of drug-likeness (QED) is 0.667. The van der Waals surface area contributed by atoms with E-state index in [9.17, 15) is 14.4 Å². The molecule has 1 saturated heterocycles. The van der Waals surface area contributed by atoms with Gasteiger partial charge in [-0.15, -0.1) is 0 Å². The van der Waals surface area contributed by atoms with Crippen molar-refractivity contribution in [3.8, 4) is 0 Å². The maximum absolute atomic E-state index is 13.3. The van der Waals surface area contributed by atoms with Crippen LogP contribution in [0, 0.1) is 5.92 Å². The van der Waals surface area contributed by atoms with Gasteiger partial charge in [-0.1, -0.05) is 18.3 Å². The summed E-state index contributed by atoms with van der Waals surface area (Å²) in [5, 5.41) is 3.34. The first kappa shape index (κ1) is 23.5. The van der Waals surface area contributed by atoms with Crippen LogP contribution in [0.1, 0.15) is 75.9 Å². The highest BCUT2D eigenvalue weighted by atomic mass is 32.1. The van der Waals surface area contributed by atoms with E-state index in [4.69, 9.17) is 4.74 Å². The van der Waals surface area contributed by atoms with E-state index in [-0.39, 0.29) is 24.2 Å². The predicted octanol–water partition coefficient (Wildman–Crippen LogP) is 4.77. The summed E-state index contributed by atoms with van der Waals surface area (Å²) in [5.41, 5.74) is -0.521. The van der Waals surface area contributed by atoms with Crippen LogP contribution >= 0.6 is 11.3 Å². The van der Waals surface area contributed by atoms with Crippen molar-refractivity contribution in [3.63, 3.8) is 0 Å². The normalized spacial score (nSPS) is 22.6. The maximum atomic E-state index is 13.3. The van der Waals surface area contributed by atoms with Gasteiger partial charge in [-0.05, 0) is 65.2 Å². The summed E-state index contributed by atoms with van der Waals surface area (Å²) in [6, 6.07) is 0.0736. The number of hydrogen-bond acceptors (Lipinski definition) is 6. The summed E-state index contributed by atoms with van der Waals surface area (Å²) in [6.07, 6.45) is 7.54. The number of amides is 3. The van der Waals surface area contributed by atoms with Crippen molar-refractivity contribution in [1.29, 1.82) is 0 Å². The standard InChI is InChI=1S/C22H34N4O4S/c1-15-5-7-16(8-6-15)26(20(28)24-19-23-13-18(14-27)31-19)17-9-11-25(12-10-17)21(29)30-22(2,3)4/h13-17H,5-12H2,1-4H3,(H,23,24,28). The van der Waals surface area contributed by atoms with Crippen molar-refractivity contribution < 1.29 is 19.1 Å².